The van der Waals surface area contributed by atoms with Gasteiger partial charge in [-0.25, -0.2) is 0 Å². The number of aliphatic carboxylic acids is 2. The van der Waals surface area contributed by atoms with Crippen molar-refractivity contribution in [3.63, 3.8) is 0 Å². The molecule has 0 atom stereocenters. The van der Waals surface area contributed by atoms with Gasteiger partial charge in [-0.05, 0) is 0 Å². The van der Waals surface area contributed by atoms with Gasteiger partial charge in [0, 0.05) is 0 Å². The van der Waals surface area contributed by atoms with E-state index in [1.165, 1.54) is 4.90 Å². The molecule has 0 aliphatic heterocycles. The van der Waals surface area contributed by atoms with Crippen molar-refractivity contribution in [1.29, 1.82) is 0 Å². The predicted molar refractivity (Wildman–Crippen MR) is 90.8 cm³/mol. The molecule has 0 aliphatic rings. The minimum atomic E-state index is -1.35. The second-order valence-corrected chi connectivity index (χ2v) is 5.90. The molecule has 1 rings (SSSR count). The van der Waals surface area contributed by atoms with E-state index >= 15 is 0 Å². The first-order valence-corrected chi connectivity index (χ1v) is 8.43. The molecule has 0 bridgehead atoms. The van der Waals surface area contributed by atoms with Crippen LogP contribution in [0.3, 0.4) is 0 Å². The first-order valence-electron chi connectivity index (χ1n) is 7.57. The van der Waals surface area contributed by atoms with Crippen molar-refractivity contribution >= 4 is 43.6 Å². The van der Waals surface area contributed by atoms with Gasteiger partial charge in [0.1, 0.15) is 0 Å². The molecule has 1 aromatic carbocycles. The first kappa shape index (κ1) is 28.2. The third kappa shape index (κ3) is 8.76. The molecule has 0 N–H and O–H groups in total. The van der Waals surface area contributed by atoms with Crippen LogP contribution in [0.1, 0.15) is 13.8 Å². The summed E-state index contributed by atoms with van der Waals surface area (Å²) < 4.78 is 0.967. The molecule has 0 fully saturated rings. The summed E-state index contributed by atoms with van der Waals surface area (Å²) in [5.74, 6) is -2.70. The van der Waals surface area contributed by atoms with Crippen molar-refractivity contribution in [3.05, 3.63) is 24.3 Å². The van der Waals surface area contributed by atoms with Gasteiger partial charge in [0.15, 0.2) is 0 Å². The standard InChI is InChI=1S/C16H23N3O4Se.2Na/c1-4-18(5-2)16(24)17(3)12-6-8-13(9-7-12)19(10-14(20)21)11-15(22)23;;/h6-9H,4-5,10-11H2,1-3H3,(H,20,21)(H,22,23);;/q;2*+1/p-2. The molecule has 0 saturated carbocycles. The average molecular weight is 444 g/mol. The van der Waals surface area contributed by atoms with Crippen LogP contribution in [0.2, 0.25) is 0 Å². The normalized spacial score (nSPS) is 9.35. The number of carboxylic acids is 2. The number of carbonyl (C=O) groups is 2. The van der Waals surface area contributed by atoms with Crippen molar-refractivity contribution in [2.45, 2.75) is 13.8 Å². The summed E-state index contributed by atoms with van der Waals surface area (Å²) in [5.41, 5.74) is 1.37. The van der Waals surface area contributed by atoms with Crippen LogP contribution in [-0.2, 0) is 9.59 Å². The largest absolute Gasteiger partial charge is 1.00 e. The Labute approximate surface area is 206 Å². The minimum absolute atomic E-state index is 0. The predicted octanol–water partition coefficient (Wildman–Crippen LogP) is -7.97. The van der Waals surface area contributed by atoms with Crippen molar-refractivity contribution in [2.75, 3.05) is 43.0 Å². The topological polar surface area (TPSA) is 90.0 Å². The van der Waals surface area contributed by atoms with E-state index in [-0.39, 0.29) is 59.1 Å². The molecule has 0 aliphatic carbocycles. The Balaban J connectivity index is 0. The molecule has 0 radical (unpaired) electrons. The number of carbonyl (C=O) groups excluding carboxylic acids is 2. The fourth-order valence-electron chi connectivity index (χ4n) is 2.25. The summed E-state index contributed by atoms with van der Waals surface area (Å²) in [6.45, 7) is 4.84. The Hall–Kier alpha value is -0.0505. The number of nitrogens with zero attached hydrogens (tertiary/aromatic N) is 3. The van der Waals surface area contributed by atoms with Crippen LogP contribution < -0.4 is 79.1 Å². The summed E-state index contributed by atoms with van der Waals surface area (Å²) in [6.07, 6.45) is 0. The molecule has 7 nitrogen and oxygen atoms in total. The van der Waals surface area contributed by atoms with Gasteiger partial charge >= 0.3 is 209 Å². The minimum Gasteiger partial charge on any atom is 1.00 e. The van der Waals surface area contributed by atoms with E-state index in [4.69, 9.17) is 0 Å². The number of carboxylic acid groups (broad SMARTS) is 2. The fraction of sp³-hybridized carbons (Fsp3) is 0.438. The zero-order valence-electron chi connectivity index (χ0n) is 16.0. The maximum absolute atomic E-state index is 10.8. The van der Waals surface area contributed by atoms with E-state index in [1.807, 2.05) is 11.9 Å². The van der Waals surface area contributed by atoms with Gasteiger partial charge in [-0.2, -0.15) is 0 Å². The van der Waals surface area contributed by atoms with Crippen molar-refractivity contribution in [1.82, 2.24) is 4.90 Å². The molecule has 0 heterocycles. The van der Waals surface area contributed by atoms with Gasteiger partial charge in [0.25, 0.3) is 0 Å². The Kier molecular flexibility index (Phi) is 15.2. The van der Waals surface area contributed by atoms with Crippen LogP contribution in [0.25, 0.3) is 0 Å². The van der Waals surface area contributed by atoms with Crippen LogP contribution in [0.5, 0.6) is 0 Å². The molecule has 0 unspecified atom stereocenters. The van der Waals surface area contributed by atoms with Crippen LogP contribution in [0.4, 0.5) is 11.4 Å². The summed E-state index contributed by atoms with van der Waals surface area (Å²) >= 11 is 3.05. The first-order chi connectivity index (χ1) is 11.3. The Bertz CT molecular complexity index is 582. The average Bonchev–Trinajstić information content (AvgIpc) is 2.54. The van der Waals surface area contributed by atoms with E-state index < -0.39 is 25.0 Å². The van der Waals surface area contributed by atoms with Gasteiger partial charge in [-0.1, -0.05) is 0 Å². The fourth-order valence-corrected chi connectivity index (χ4v) is 3.02. The third-order valence-electron chi connectivity index (χ3n) is 3.56. The van der Waals surface area contributed by atoms with Crippen molar-refractivity contribution in [2.24, 2.45) is 0 Å². The molecular weight excluding hydrogens is 423 g/mol. The van der Waals surface area contributed by atoms with E-state index in [1.54, 1.807) is 24.3 Å². The zero-order valence-corrected chi connectivity index (χ0v) is 21.7. The monoisotopic (exact) mass is 445 g/mol. The Morgan fingerprint density at radius 1 is 0.923 bits per heavy atom. The number of hydrogen-bond donors (Lipinski definition) is 0. The van der Waals surface area contributed by atoms with E-state index in [0.717, 1.165) is 23.4 Å². The smallest absolute Gasteiger partial charge is 1.00 e. The number of hydrogen-bond acceptors (Lipinski definition) is 7. The second kappa shape index (κ2) is 14.0. The molecule has 0 aromatic heterocycles. The molecule has 1 aromatic rings. The van der Waals surface area contributed by atoms with Crippen LogP contribution in [0.15, 0.2) is 24.3 Å². The second-order valence-electron chi connectivity index (χ2n) is 5.13. The van der Waals surface area contributed by atoms with Crippen molar-refractivity contribution < 1.29 is 78.9 Å². The van der Waals surface area contributed by atoms with E-state index in [2.05, 4.69) is 34.3 Å². The van der Waals surface area contributed by atoms with Gasteiger partial charge in [-0.15, -0.1) is 0 Å². The zero-order chi connectivity index (χ0) is 18.3. The summed E-state index contributed by atoms with van der Waals surface area (Å²) in [7, 11) is 1.92. The third-order valence-corrected chi connectivity index (χ3v) is 4.68. The van der Waals surface area contributed by atoms with Gasteiger partial charge in [0.05, 0.1) is 0 Å². The Morgan fingerprint density at radius 3 is 1.65 bits per heavy atom. The van der Waals surface area contributed by atoms with Crippen LogP contribution in [-0.4, -0.2) is 70.3 Å². The van der Waals surface area contributed by atoms with Crippen molar-refractivity contribution in [3.8, 4) is 0 Å². The molecule has 132 valence electrons. The van der Waals surface area contributed by atoms with E-state index in [0.29, 0.717) is 5.69 Å². The quantitative estimate of drug-likeness (QED) is 0.331. The SMILES string of the molecule is CCN(CC)C(=[Se])N(C)c1ccc(N(CC(=O)[O-])CC(=O)[O-])cc1.[Na+].[Na+]. The molecule has 0 saturated heterocycles. The van der Waals surface area contributed by atoms with Gasteiger partial charge < -0.3 is 0 Å². The Morgan fingerprint density at radius 2 is 1.31 bits per heavy atom. The summed E-state index contributed by atoms with van der Waals surface area (Å²) in [5, 5.41) is 21.6. The van der Waals surface area contributed by atoms with Crippen LogP contribution in [0, 0.1) is 0 Å². The maximum Gasteiger partial charge on any atom is 1.00 e. The van der Waals surface area contributed by atoms with E-state index in [9.17, 15) is 19.8 Å². The van der Waals surface area contributed by atoms with Crippen LogP contribution >= 0.6 is 0 Å². The molecule has 0 spiro atoms. The number of anilines is 2. The molecule has 26 heavy (non-hydrogen) atoms. The molecular formula is C16H21N3Na2O4Se. The number of rotatable bonds is 10. The van der Waals surface area contributed by atoms with Gasteiger partial charge in [0.2, 0.25) is 0 Å². The summed E-state index contributed by atoms with van der Waals surface area (Å²) in [6, 6.07) is 6.95. The number of benzene rings is 1. The van der Waals surface area contributed by atoms with Gasteiger partial charge in [-0.3, -0.25) is 0 Å². The molecule has 10 heteroatoms. The maximum atomic E-state index is 10.8. The summed E-state index contributed by atoms with van der Waals surface area (Å²) in [4.78, 5) is 26.9. The molecule has 0 amide bonds.